The van der Waals surface area contributed by atoms with E-state index in [1.807, 2.05) is 13.0 Å². The second kappa shape index (κ2) is 5.96. The van der Waals surface area contributed by atoms with Crippen molar-refractivity contribution in [3.05, 3.63) is 35.6 Å². The van der Waals surface area contributed by atoms with Gasteiger partial charge in [-0.2, -0.15) is 0 Å². The lowest BCUT2D eigenvalue weighted by Gasteiger charge is -2.33. The normalized spacial score (nSPS) is 19.9. The lowest BCUT2D eigenvalue weighted by atomic mass is 10.1. The van der Waals surface area contributed by atoms with E-state index in [4.69, 9.17) is 4.74 Å². The number of rotatable bonds is 3. The molecule has 1 aliphatic rings. The summed E-state index contributed by atoms with van der Waals surface area (Å²) in [6.07, 6.45) is 1.71. The van der Waals surface area contributed by atoms with Crippen LogP contribution in [-0.2, 0) is 16.0 Å². The van der Waals surface area contributed by atoms with E-state index in [9.17, 15) is 9.18 Å². The van der Waals surface area contributed by atoms with Crippen LogP contribution >= 0.6 is 0 Å². The minimum Gasteiger partial charge on any atom is -0.359 e. The molecule has 4 heteroatoms. The maximum atomic E-state index is 13.0. The van der Waals surface area contributed by atoms with Gasteiger partial charge in [-0.3, -0.25) is 4.79 Å². The Kier molecular flexibility index (Phi) is 4.31. The summed E-state index contributed by atoms with van der Waals surface area (Å²) in [4.78, 5) is 13.8. The fourth-order valence-corrected chi connectivity index (χ4v) is 2.18. The number of carbonyl (C=O) groups excluding carboxylic acids is 1. The van der Waals surface area contributed by atoms with Gasteiger partial charge >= 0.3 is 0 Å². The summed E-state index contributed by atoms with van der Waals surface area (Å²) in [6.45, 7) is 3.36. The maximum absolute atomic E-state index is 13.0. The summed E-state index contributed by atoms with van der Waals surface area (Å²) < 4.78 is 18.4. The number of amides is 1. The van der Waals surface area contributed by atoms with Gasteiger partial charge in [0.2, 0.25) is 5.91 Å². The summed E-state index contributed by atoms with van der Waals surface area (Å²) in [7, 11) is 0. The highest BCUT2D eigenvalue weighted by Crippen LogP contribution is 2.13. The molecule has 1 heterocycles. The fraction of sp³-hybridized carbons (Fsp3) is 0.500. The molecule has 1 aromatic carbocycles. The average molecular weight is 251 g/mol. The van der Waals surface area contributed by atoms with E-state index >= 15 is 0 Å². The first-order valence-electron chi connectivity index (χ1n) is 6.32. The molecule has 1 aromatic rings. The molecule has 0 bridgehead atoms. The van der Waals surface area contributed by atoms with Crippen LogP contribution in [0.4, 0.5) is 4.39 Å². The Morgan fingerprint density at radius 3 is 3.11 bits per heavy atom. The Hall–Kier alpha value is -1.42. The third kappa shape index (κ3) is 3.29. The lowest BCUT2D eigenvalue weighted by Crippen LogP contribution is -2.44. The molecule has 0 aromatic heterocycles. The topological polar surface area (TPSA) is 29.5 Å². The van der Waals surface area contributed by atoms with Crippen molar-refractivity contribution in [2.45, 2.75) is 32.4 Å². The zero-order valence-electron chi connectivity index (χ0n) is 10.6. The van der Waals surface area contributed by atoms with Crippen LogP contribution in [0.25, 0.3) is 0 Å². The van der Waals surface area contributed by atoms with Crippen molar-refractivity contribution in [1.82, 2.24) is 4.90 Å². The molecule has 1 aliphatic heterocycles. The van der Waals surface area contributed by atoms with Crippen LogP contribution < -0.4 is 0 Å². The number of hydrogen-bond donors (Lipinski definition) is 0. The van der Waals surface area contributed by atoms with E-state index in [-0.39, 0.29) is 18.0 Å². The van der Waals surface area contributed by atoms with Gasteiger partial charge in [0.1, 0.15) is 12.0 Å². The van der Waals surface area contributed by atoms with Crippen LogP contribution in [0.5, 0.6) is 0 Å². The number of hydrogen-bond acceptors (Lipinski definition) is 2. The molecule has 0 aliphatic carbocycles. The number of nitrogens with zero attached hydrogens (tertiary/aromatic N) is 1. The molecular weight excluding hydrogens is 233 g/mol. The highest BCUT2D eigenvalue weighted by molar-refractivity contribution is 5.76. The Labute approximate surface area is 107 Å². The molecule has 0 N–H and O–H groups in total. The molecule has 1 saturated heterocycles. The molecule has 0 saturated carbocycles. The molecule has 1 amide bonds. The van der Waals surface area contributed by atoms with Crippen molar-refractivity contribution in [3.63, 3.8) is 0 Å². The second-order valence-corrected chi connectivity index (χ2v) is 4.54. The minimum atomic E-state index is -0.255. The van der Waals surface area contributed by atoms with Gasteiger partial charge in [0.15, 0.2) is 0 Å². The molecule has 2 rings (SSSR count). The van der Waals surface area contributed by atoms with Gasteiger partial charge in [-0.1, -0.05) is 12.1 Å². The standard InChI is InChI=1S/C14H18FNO2/c1-11-16(8-3-9-18-11)14(17)7-6-12-4-2-5-13(15)10-12/h2,4-5,10-11H,3,6-9H2,1H3. The van der Waals surface area contributed by atoms with E-state index in [0.717, 1.165) is 25.1 Å². The van der Waals surface area contributed by atoms with Crippen molar-refractivity contribution in [3.8, 4) is 0 Å². The highest BCUT2D eigenvalue weighted by Gasteiger charge is 2.23. The van der Waals surface area contributed by atoms with Crippen LogP contribution in [0.15, 0.2) is 24.3 Å². The van der Waals surface area contributed by atoms with E-state index in [1.165, 1.54) is 12.1 Å². The predicted octanol–water partition coefficient (Wildman–Crippen LogP) is 2.35. The quantitative estimate of drug-likeness (QED) is 0.825. The third-order valence-corrected chi connectivity index (χ3v) is 3.18. The molecule has 18 heavy (non-hydrogen) atoms. The fourth-order valence-electron chi connectivity index (χ4n) is 2.18. The smallest absolute Gasteiger partial charge is 0.224 e. The van der Waals surface area contributed by atoms with E-state index in [0.29, 0.717) is 12.8 Å². The number of ether oxygens (including phenoxy) is 1. The summed E-state index contributed by atoms with van der Waals surface area (Å²) in [5, 5.41) is 0. The number of carbonyl (C=O) groups is 1. The monoisotopic (exact) mass is 251 g/mol. The Morgan fingerprint density at radius 2 is 2.39 bits per heavy atom. The van der Waals surface area contributed by atoms with Crippen LogP contribution in [-0.4, -0.2) is 30.2 Å². The van der Waals surface area contributed by atoms with Crippen molar-refractivity contribution >= 4 is 5.91 Å². The van der Waals surface area contributed by atoms with Crippen molar-refractivity contribution < 1.29 is 13.9 Å². The average Bonchev–Trinajstić information content (AvgIpc) is 2.37. The van der Waals surface area contributed by atoms with Crippen molar-refractivity contribution in [2.75, 3.05) is 13.2 Å². The molecule has 0 radical (unpaired) electrons. The Bertz CT molecular complexity index is 422. The molecule has 98 valence electrons. The van der Waals surface area contributed by atoms with Gasteiger partial charge in [0, 0.05) is 13.0 Å². The summed E-state index contributed by atoms with van der Waals surface area (Å²) in [5.74, 6) is -0.180. The van der Waals surface area contributed by atoms with Crippen LogP contribution in [0, 0.1) is 5.82 Å². The molecular formula is C14H18FNO2. The third-order valence-electron chi connectivity index (χ3n) is 3.18. The van der Waals surface area contributed by atoms with Gasteiger partial charge in [-0.25, -0.2) is 4.39 Å². The SMILES string of the molecule is CC1OCCCN1C(=O)CCc1cccc(F)c1. The van der Waals surface area contributed by atoms with E-state index in [2.05, 4.69) is 0 Å². The number of aryl methyl sites for hydroxylation is 1. The van der Waals surface area contributed by atoms with Gasteiger partial charge in [-0.15, -0.1) is 0 Å². The van der Waals surface area contributed by atoms with Gasteiger partial charge < -0.3 is 9.64 Å². The highest BCUT2D eigenvalue weighted by atomic mass is 19.1. The maximum Gasteiger partial charge on any atom is 0.224 e. The number of halogens is 1. The van der Waals surface area contributed by atoms with Gasteiger partial charge in [-0.05, 0) is 37.5 Å². The first-order chi connectivity index (χ1) is 8.66. The lowest BCUT2D eigenvalue weighted by molar-refractivity contribution is -0.151. The van der Waals surface area contributed by atoms with Crippen LogP contribution in [0.1, 0.15) is 25.3 Å². The molecule has 0 spiro atoms. The van der Waals surface area contributed by atoms with Crippen molar-refractivity contribution in [2.24, 2.45) is 0 Å². The predicted molar refractivity (Wildman–Crippen MR) is 66.5 cm³/mol. The van der Waals surface area contributed by atoms with Gasteiger partial charge in [0.25, 0.3) is 0 Å². The molecule has 1 atom stereocenters. The van der Waals surface area contributed by atoms with E-state index < -0.39 is 0 Å². The second-order valence-electron chi connectivity index (χ2n) is 4.54. The largest absolute Gasteiger partial charge is 0.359 e. The minimum absolute atomic E-state index is 0.0754. The molecule has 3 nitrogen and oxygen atoms in total. The summed E-state index contributed by atoms with van der Waals surface area (Å²) >= 11 is 0. The summed E-state index contributed by atoms with van der Waals surface area (Å²) in [6, 6.07) is 6.39. The van der Waals surface area contributed by atoms with Crippen LogP contribution in [0.2, 0.25) is 0 Å². The van der Waals surface area contributed by atoms with Crippen LogP contribution in [0.3, 0.4) is 0 Å². The molecule has 1 unspecified atom stereocenters. The first-order valence-corrected chi connectivity index (χ1v) is 6.32. The molecule has 1 fully saturated rings. The van der Waals surface area contributed by atoms with E-state index in [1.54, 1.807) is 11.0 Å². The zero-order valence-corrected chi connectivity index (χ0v) is 10.6. The van der Waals surface area contributed by atoms with Crippen molar-refractivity contribution in [1.29, 1.82) is 0 Å². The Morgan fingerprint density at radius 1 is 1.56 bits per heavy atom. The first kappa shape index (κ1) is 13.0. The van der Waals surface area contributed by atoms with Gasteiger partial charge in [0.05, 0.1) is 6.61 Å². The zero-order chi connectivity index (χ0) is 13.0. The number of benzene rings is 1. The summed E-state index contributed by atoms with van der Waals surface area (Å²) in [5.41, 5.74) is 0.855. The Balaban J connectivity index is 1.88.